The number of benzene rings is 3. The van der Waals surface area contributed by atoms with E-state index in [-0.39, 0.29) is 38.9 Å². The maximum atomic E-state index is 11.5. The van der Waals surface area contributed by atoms with Crippen LogP contribution in [0.1, 0.15) is 29.2 Å². The van der Waals surface area contributed by atoms with E-state index in [0.29, 0.717) is 11.1 Å². The van der Waals surface area contributed by atoms with Gasteiger partial charge in [-0.1, -0.05) is 42.0 Å². The number of rotatable bonds is 6. The third-order valence-corrected chi connectivity index (χ3v) is 5.83. The van der Waals surface area contributed by atoms with E-state index in [1.165, 1.54) is 43.3 Å². The Balaban J connectivity index is 0.000000346. The number of nitrogens with two attached hydrogens (primary N) is 1. The molecule has 0 saturated heterocycles. The van der Waals surface area contributed by atoms with Crippen LogP contribution in [0.2, 0.25) is 0 Å². The lowest BCUT2D eigenvalue weighted by molar-refractivity contribution is -0.384. The predicted octanol–water partition coefficient (Wildman–Crippen LogP) is 3.73. The first-order valence-electron chi connectivity index (χ1n) is 10.1. The van der Waals surface area contributed by atoms with Crippen LogP contribution in [-0.2, 0) is 14.9 Å². The number of hydrogen-bond acceptors (Lipinski definition) is 7. The summed E-state index contributed by atoms with van der Waals surface area (Å²) in [5.74, 6) is -1.65. The molecule has 0 atom stereocenters. The number of amidine groups is 1. The first-order valence-corrected chi connectivity index (χ1v) is 11.6. The largest absolute Gasteiger partial charge is 0.507 e. The summed E-state index contributed by atoms with van der Waals surface area (Å²) >= 11 is 0. The van der Waals surface area contributed by atoms with Gasteiger partial charge in [0.15, 0.2) is 0 Å². The van der Waals surface area contributed by atoms with Crippen LogP contribution in [0.15, 0.2) is 77.2 Å². The molecule has 0 unspecified atom stereocenters. The SMILES string of the molecule is C/C(C(=O)O)=C(/c1ccc(C(=N)N)cc1)c1cc([N+](=O)[O-])ccc1O.Cc1ccc(S(=O)(=O)O)cc1. The quantitative estimate of drug-likeness (QED) is 0.0811. The van der Waals surface area contributed by atoms with E-state index >= 15 is 0 Å². The van der Waals surface area contributed by atoms with Crippen LogP contribution in [0, 0.1) is 22.4 Å². The smallest absolute Gasteiger partial charge is 0.331 e. The average molecular weight is 514 g/mol. The minimum atomic E-state index is -4.02. The number of aromatic hydroxyl groups is 1. The number of nitro groups is 1. The van der Waals surface area contributed by atoms with Crippen molar-refractivity contribution in [2.24, 2.45) is 5.73 Å². The first kappa shape index (κ1) is 27.7. The highest BCUT2D eigenvalue weighted by Crippen LogP contribution is 2.35. The van der Waals surface area contributed by atoms with Crippen molar-refractivity contribution in [2.75, 3.05) is 0 Å². The van der Waals surface area contributed by atoms with Gasteiger partial charge in [0.25, 0.3) is 15.8 Å². The first-order chi connectivity index (χ1) is 16.7. The fourth-order valence-corrected chi connectivity index (χ4v) is 3.53. The lowest BCUT2D eigenvalue weighted by Gasteiger charge is -2.13. The van der Waals surface area contributed by atoms with E-state index in [1.807, 2.05) is 6.92 Å². The van der Waals surface area contributed by atoms with E-state index in [9.17, 15) is 33.5 Å². The molecule has 0 aliphatic heterocycles. The van der Waals surface area contributed by atoms with Crippen LogP contribution >= 0.6 is 0 Å². The zero-order chi connectivity index (χ0) is 27.2. The van der Waals surface area contributed by atoms with Gasteiger partial charge in [0.1, 0.15) is 11.6 Å². The molecule has 0 radical (unpaired) electrons. The molecule has 0 fully saturated rings. The standard InChI is InChI=1S/C17H15N3O5.C7H8O3S/c1-9(17(22)23)15(10-2-4-11(5-3-10)16(18)19)13-8-12(20(24)25)6-7-14(13)21;1-6-2-4-7(5-3-6)11(8,9)10/h2-8,21H,1H3,(H3,18,19)(H,22,23);2-5H,1H3,(H,8,9,10)/b15-9+;. The Labute approximate surface area is 206 Å². The Morgan fingerprint density at radius 2 is 1.53 bits per heavy atom. The van der Waals surface area contributed by atoms with Crippen molar-refractivity contribution in [3.8, 4) is 5.75 Å². The number of non-ortho nitro benzene ring substituents is 1. The summed E-state index contributed by atoms with van der Waals surface area (Å²) in [6.45, 7) is 3.18. The molecule has 0 amide bonds. The minimum Gasteiger partial charge on any atom is -0.507 e. The van der Waals surface area contributed by atoms with Crippen molar-refractivity contribution in [3.63, 3.8) is 0 Å². The molecule has 0 bridgehead atoms. The zero-order valence-corrected chi connectivity index (χ0v) is 20.0. The highest BCUT2D eigenvalue weighted by molar-refractivity contribution is 7.85. The van der Waals surface area contributed by atoms with E-state index in [0.717, 1.165) is 23.8 Å². The predicted molar refractivity (Wildman–Crippen MR) is 133 cm³/mol. The molecule has 0 spiro atoms. The van der Waals surface area contributed by atoms with Crippen molar-refractivity contribution >= 4 is 33.2 Å². The van der Waals surface area contributed by atoms with Crippen LogP contribution in [0.3, 0.4) is 0 Å². The van der Waals surface area contributed by atoms with Gasteiger partial charge in [0.05, 0.1) is 9.82 Å². The molecule has 3 aromatic carbocycles. The highest BCUT2D eigenvalue weighted by atomic mass is 32.2. The number of nitrogens with zero attached hydrogens (tertiary/aromatic N) is 1. The summed E-state index contributed by atoms with van der Waals surface area (Å²) in [6.07, 6.45) is 0. The van der Waals surface area contributed by atoms with Crippen LogP contribution < -0.4 is 5.73 Å². The van der Waals surface area contributed by atoms with Crippen molar-refractivity contribution in [1.29, 1.82) is 5.41 Å². The third-order valence-electron chi connectivity index (χ3n) is 4.96. The third kappa shape index (κ3) is 6.98. The molecule has 188 valence electrons. The van der Waals surface area contributed by atoms with Gasteiger partial charge in [-0.15, -0.1) is 0 Å². The van der Waals surface area contributed by atoms with Crippen molar-refractivity contribution < 1.29 is 32.9 Å². The molecule has 0 heterocycles. The molecule has 12 heteroatoms. The Kier molecular flexibility index (Phi) is 8.65. The highest BCUT2D eigenvalue weighted by Gasteiger charge is 2.20. The van der Waals surface area contributed by atoms with Crippen molar-refractivity contribution in [2.45, 2.75) is 18.7 Å². The zero-order valence-electron chi connectivity index (χ0n) is 19.2. The van der Waals surface area contributed by atoms with Gasteiger partial charge in [-0.3, -0.25) is 20.1 Å². The van der Waals surface area contributed by atoms with E-state index in [4.69, 9.17) is 15.7 Å². The van der Waals surface area contributed by atoms with Crippen LogP contribution in [-0.4, -0.2) is 39.9 Å². The normalized spacial score (nSPS) is 11.5. The van der Waals surface area contributed by atoms with Gasteiger partial charge >= 0.3 is 5.97 Å². The molecule has 11 nitrogen and oxygen atoms in total. The number of nitrogen functional groups attached to an aromatic ring is 1. The molecular formula is C24H23N3O8S. The summed E-state index contributed by atoms with van der Waals surface area (Å²) in [5.41, 5.74) is 7.02. The number of carboxylic acid groups (broad SMARTS) is 1. The number of phenolic OH excluding ortho intramolecular Hbond substituents is 1. The van der Waals surface area contributed by atoms with Crippen molar-refractivity contribution in [3.05, 3.63) is 105 Å². The second-order valence-corrected chi connectivity index (χ2v) is 8.96. The topological polar surface area (TPSA) is 205 Å². The molecule has 0 aliphatic rings. The summed E-state index contributed by atoms with van der Waals surface area (Å²) in [6, 6.07) is 15.5. The Morgan fingerprint density at radius 3 is 1.97 bits per heavy atom. The lowest BCUT2D eigenvalue weighted by Crippen LogP contribution is -2.10. The van der Waals surface area contributed by atoms with Gasteiger partial charge < -0.3 is 15.9 Å². The van der Waals surface area contributed by atoms with Crippen LogP contribution in [0.5, 0.6) is 5.75 Å². The number of aryl methyl sites for hydroxylation is 1. The van der Waals surface area contributed by atoms with Gasteiger partial charge in [0, 0.05) is 34.4 Å². The minimum absolute atomic E-state index is 0.0321. The van der Waals surface area contributed by atoms with Crippen molar-refractivity contribution in [1.82, 2.24) is 0 Å². The number of aliphatic carboxylic acids is 1. The number of carbonyl (C=O) groups is 1. The van der Waals surface area contributed by atoms with E-state index in [1.54, 1.807) is 12.1 Å². The summed E-state index contributed by atoms with van der Waals surface area (Å²) < 4.78 is 29.6. The van der Waals surface area contributed by atoms with Gasteiger partial charge in [-0.25, -0.2) is 4.79 Å². The van der Waals surface area contributed by atoms with Crippen LogP contribution in [0.4, 0.5) is 5.69 Å². The van der Waals surface area contributed by atoms with Gasteiger partial charge in [-0.2, -0.15) is 8.42 Å². The fraction of sp³-hybridized carbons (Fsp3) is 0.0833. The summed E-state index contributed by atoms with van der Waals surface area (Å²) in [4.78, 5) is 21.8. The fourth-order valence-electron chi connectivity index (χ4n) is 3.05. The number of nitro benzene ring substituents is 1. The molecule has 0 saturated carbocycles. The summed E-state index contributed by atoms with van der Waals surface area (Å²) in [7, 11) is -4.02. The number of phenols is 1. The van der Waals surface area contributed by atoms with E-state index < -0.39 is 21.0 Å². The Hall–Kier alpha value is -4.55. The van der Waals surface area contributed by atoms with Crippen LogP contribution in [0.25, 0.3) is 5.57 Å². The molecular weight excluding hydrogens is 490 g/mol. The molecule has 3 rings (SSSR count). The van der Waals surface area contributed by atoms with Gasteiger partial charge in [-0.05, 0) is 37.6 Å². The molecule has 0 aromatic heterocycles. The summed E-state index contributed by atoms with van der Waals surface area (Å²) in [5, 5.41) is 37.9. The monoisotopic (exact) mass is 513 g/mol. The van der Waals surface area contributed by atoms with Gasteiger partial charge in [0.2, 0.25) is 0 Å². The average Bonchev–Trinajstić information content (AvgIpc) is 2.80. The molecule has 36 heavy (non-hydrogen) atoms. The van der Waals surface area contributed by atoms with E-state index in [2.05, 4.69) is 0 Å². The Morgan fingerprint density at radius 1 is 1.00 bits per heavy atom. The second kappa shape index (κ2) is 11.3. The lowest BCUT2D eigenvalue weighted by atomic mass is 9.92. The molecule has 6 N–H and O–H groups in total. The maximum Gasteiger partial charge on any atom is 0.331 e. The molecule has 3 aromatic rings. The number of hydrogen-bond donors (Lipinski definition) is 5. The maximum absolute atomic E-state index is 11.5. The Bertz CT molecular complexity index is 1450. The second-order valence-electron chi connectivity index (χ2n) is 7.54. The molecule has 0 aliphatic carbocycles. The number of carboxylic acids is 1. The number of nitrogens with one attached hydrogen (secondary N) is 1.